The van der Waals surface area contributed by atoms with E-state index in [1.54, 1.807) is 18.2 Å². The molecule has 0 N–H and O–H groups in total. The molecule has 0 bridgehead atoms. The Hall–Kier alpha value is -1.38. The monoisotopic (exact) mass is 307 g/mol. The summed E-state index contributed by atoms with van der Waals surface area (Å²) in [6, 6.07) is 13.3. The van der Waals surface area contributed by atoms with Crippen molar-refractivity contribution in [2.24, 2.45) is 0 Å². The number of ether oxygens (including phenoxy) is 1. The van der Waals surface area contributed by atoms with Crippen molar-refractivity contribution in [3.05, 3.63) is 52.5 Å². The average molecular weight is 308 g/mol. The van der Waals surface area contributed by atoms with Crippen LogP contribution in [0.4, 0.5) is 5.69 Å². The van der Waals surface area contributed by atoms with Crippen molar-refractivity contribution in [2.45, 2.75) is 12.8 Å². The molecule has 1 fully saturated rings. The molecule has 0 aliphatic carbocycles. The Morgan fingerprint density at radius 3 is 2.40 bits per heavy atom. The van der Waals surface area contributed by atoms with Crippen LogP contribution in [0.3, 0.4) is 0 Å². The molecule has 0 atom stereocenters. The van der Waals surface area contributed by atoms with Crippen LogP contribution in [-0.4, -0.2) is 13.1 Å². The lowest BCUT2D eigenvalue weighted by atomic mass is 10.2. The van der Waals surface area contributed by atoms with Crippen molar-refractivity contribution in [2.75, 3.05) is 18.0 Å². The minimum atomic E-state index is 0.522. The number of anilines is 1. The third-order valence-corrected chi connectivity index (χ3v) is 3.96. The normalized spacial score (nSPS) is 14.6. The van der Waals surface area contributed by atoms with Gasteiger partial charge in [0.2, 0.25) is 0 Å². The number of rotatable bonds is 3. The van der Waals surface area contributed by atoms with E-state index in [9.17, 15) is 0 Å². The molecule has 20 heavy (non-hydrogen) atoms. The van der Waals surface area contributed by atoms with Crippen LogP contribution in [0.2, 0.25) is 10.0 Å². The highest BCUT2D eigenvalue weighted by molar-refractivity contribution is 6.35. The molecule has 0 amide bonds. The van der Waals surface area contributed by atoms with Gasteiger partial charge in [-0.3, -0.25) is 0 Å². The number of hydrogen-bond acceptors (Lipinski definition) is 2. The fourth-order valence-corrected chi connectivity index (χ4v) is 2.89. The van der Waals surface area contributed by atoms with Crippen molar-refractivity contribution in [3.63, 3.8) is 0 Å². The zero-order valence-electron chi connectivity index (χ0n) is 11.0. The highest BCUT2D eigenvalue weighted by atomic mass is 35.5. The summed E-state index contributed by atoms with van der Waals surface area (Å²) in [5.74, 6) is 1.46. The van der Waals surface area contributed by atoms with Crippen molar-refractivity contribution >= 4 is 28.9 Å². The maximum atomic E-state index is 6.17. The van der Waals surface area contributed by atoms with E-state index in [0.29, 0.717) is 15.8 Å². The first kappa shape index (κ1) is 13.6. The SMILES string of the molecule is Clc1ccc(Oc2ccccc2N2CCCC2)c(Cl)c1. The van der Waals surface area contributed by atoms with Gasteiger partial charge in [-0.25, -0.2) is 0 Å². The summed E-state index contributed by atoms with van der Waals surface area (Å²) in [5, 5.41) is 1.13. The first-order chi connectivity index (χ1) is 9.74. The third-order valence-electron chi connectivity index (χ3n) is 3.43. The molecule has 2 aromatic carbocycles. The largest absolute Gasteiger partial charge is 0.454 e. The Bertz CT molecular complexity index is 609. The fourth-order valence-electron chi connectivity index (χ4n) is 2.44. The minimum Gasteiger partial charge on any atom is -0.454 e. The molecule has 0 aromatic heterocycles. The number of hydrogen-bond donors (Lipinski definition) is 0. The van der Waals surface area contributed by atoms with E-state index in [0.717, 1.165) is 24.5 Å². The van der Waals surface area contributed by atoms with Crippen molar-refractivity contribution in [1.82, 2.24) is 0 Å². The van der Waals surface area contributed by atoms with Gasteiger partial charge in [-0.15, -0.1) is 0 Å². The Balaban J connectivity index is 1.90. The van der Waals surface area contributed by atoms with Gasteiger partial charge in [-0.2, -0.15) is 0 Å². The molecule has 2 aromatic rings. The van der Waals surface area contributed by atoms with Gasteiger partial charge in [0.15, 0.2) is 5.75 Å². The second-order valence-electron chi connectivity index (χ2n) is 4.84. The smallest absolute Gasteiger partial charge is 0.150 e. The van der Waals surface area contributed by atoms with Crippen LogP contribution in [0.15, 0.2) is 42.5 Å². The quantitative estimate of drug-likeness (QED) is 0.754. The lowest BCUT2D eigenvalue weighted by molar-refractivity contribution is 0.482. The molecule has 0 spiro atoms. The van der Waals surface area contributed by atoms with E-state index in [1.807, 2.05) is 18.2 Å². The topological polar surface area (TPSA) is 12.5 Å². The van der Waals surface area contributed by atoms with Gasteiger partial charge in [-0.05, 0) is 43.2 Å². The standard InChI is InChI=1S/C16H15Cl2NO/c17-12-7-8-15(13(18)11-12)20-16-6-2-1-5-14(16)19-9-3-4-10-19/h1-2,5-8,11H,3-4,9-10H2. The zero-order chi connectivity index (χ0) is 13.9. The van der Waals surface area contributed by atoms with Gasteiger partial charge >= 0.3 is 0 Å². The van der Waals surface area contributed by atoms with Crippen LogP contribution in [-0.2, 0) is 0 Å². The third kappa shape index (κ3) is 2.87. The molecule has 0 unspecified atom stereocenters. The van der Waals surface area contributed by atoms with Crippen LogP contribution in [0.1, 0.15) is 12.8 Å². The summed E-state index contributed by atoms with van der Waals surface area (Å²) < 4.78 is 5.98. The van der Waals surface area contributed by atoms with E-state index in [2.05, 4.69) is 11.0 Å². The summed E-state index contributed by atoms with van der Waals surface area (Å²) in [6.07, 6.45) is 2.46. The van der Waals surface area contributed by atoms with Crippen LogP contribution in [0, 0.1) is 0 Å². The maximum absolute atomic E-state index is 6.17. The van der Waals surface area contributed by atoms with Gasteiger partial charge in [-0.1, -0.05) is 35.3 Å². The Labute approximate surface area is 128 Å². The molecule has 1 aliphatic heterocycles. The zero-order valence-corrected chi connectivity index (χ0v) is 12.5. The van der Waals surface area contributed by atoms with Crippen molar-refractivity contribution in [1.29, 1.82) is 0 Å². The molecule has 1 heterocycles. The summed E-state index contributed by atoms with van der Waals surface area (Å²) in [5.41, 5.74) is 1.12. The molecule has 1 aliphatic rings. The molecule has 4 heteroatoms. The number of halogens is 2. The van der Waals surface area contributed by atoms with Gasteiger partial charge in [0.05, 0.1) is 10.7 Å². The number of nitrogens with zero attached hydrogens (tertiary/aromatic N) is 1. The van der Waals surface area contributed by atoms with E-state index >= 15 is 0 Å². The van der Waals surface area contributed by atoms with Crippen molar-refractivity contribution in [3.8, 4) is 11.5 Å². The second-order valence-corrected chi connectivity index (χ2v) is 5.68. The van der Waals surface area contributed by atoms with Gasteiger partial charge < -0.3 is 9.64 Å². The average Bonchev–Trinajstić information content (AvgIpc) is 2.96. The van der Waals surface area contributed by atoms with E-state index < -0.39 is 0 Å². The Morgan fingerprint density at radius 1 is 0.900 bits per heavy atom. The highest BCUT2D eigenvalue weighted by Crippen LogP contribution is 2.37. The summed E-state index contributed by atoms with van der Waals surface area (Å²) in [6.45, 7) is 2.16. The van der Waals surface area contributed by atoms with Crippen LogP contribution in [0.5, 0.6) is 11.5 Å². The lowest BCUT2D eigenvalue weighted by Gasteiger charge is -2.21. The summed E-state index contributed by atoms with van der Waals surface area (Å²) in [7, 11) is 0. The second kappa shape index (κ2) is 5.94. The Kier molecular flexibility index (Phi) is 4.04. The van der Waals surface area contributed by atoms with E-state index in [4.69, 9.17) is 27.9 Å². The minimum absolute atomic E-state index is 0.522. The number of benzene rings is 2. The summed E-state index contributed by atoms with van der Waals surface area (Å²) in [4.78, 5) is 2.35. The molecular formula is C16H15Cl2NO. The highest BCUT2D eigenvalue weighted by Gasteiger charge is 2.17. The summed E-state index contributed by atoms with van der Waals surface area (Å²) >= 11 is 12.1. The van der Waals surface area contributed by atoms with Gasteiger partial charge in [0, 0.05) is 18.1 Å². The molecule has 2 nitrogen and oxygen atoms in total. The maximum Gasteiger partial charge on any atom is 0.150 e. The first-order valence-corrected chi connectivity index (χ1v) is 7.46. The van der Waals surface area contributed by atoms with E-state index in [-0.39, 0.29) is 0 Å². The number of para-hydroxylation sites is 2. The van der Waals surface area contributed by atoms with Crippen LogP contribution < -0.4 is 9.64 Å². The van der Waals surface area contributed by atoms with Crippen molar-refractivity contribution < 1.29 is 4.74 Å². The molecule has 104 valence electrons. The predicted molar refractivity (Wildman–Crippen MR) is 84.4 cm³/mol. The lowest BCUT2D eigenvalue weighted by Crippen LogP contribution is -2.18. The first-order valence-electron chi connectivity index (χ1n) is 6.71. The molecule has 3 rings (SSSR count). The Morgan fingerprint density at radius 2 is 1.65 bits per heavy atom. The molecule has 0 saturated carbocycles. The van der Waals surface area contributed by atoms with E-state index in [1.165, 1.54) is 12.8 Å². The molecular weight excluding hydrogens is 293 g/mol. The predicted octanol–water partition coefficient (Wildman–Crippen LogP) is 5.39. The fraction of sp³-hybridized carbons (Fsp3) is 0.250. The van der Waals surface area contributed by atoms with Gasteiger partial charge in [0.25, 0.3) is 0 Å². The molecule has 0 radical (unpaired) electrons. The van der Waals surface area contributed by atoms with Gasteiger partial charge in [0.1, 0.15) is 5.75 Å². The van der Waals surface area contributed by atoms with Crippen LogP contribution in [0.25, 0.3) is 0 Å². The molecule has 1 saturated heterocycles. The van der Waals surface area contributed by atoms with Crippen LogP contribution >= 0.6 is 23.2 Å².